The highest BCUT2D eigenvalue weighted by Gasteiger charge is 2.25. The first kappa shape index (κ1) is 12.8. The first-order valence-corrected chi connectivity index (χ1v) is 6.50. The predicted octanol–water partition coefficient (Wildman–Crippen LogP) is 2.96. The Labute approximate surface area is 108 Å². The summed E-state index contributed by atoms with van der Waals surface area (Å²) in [7, 11) is 0. The van der Waals surface area contributed by atoms with Gasteiger partial charge in [-0.3, -0.25) is 0 Å². The Balaban J connectivity index is 0.00000108. The number of aromatic nitrogens is 2. The van der Waals surface area contributed by atoms with Crippen LogP contribution in [-0.4, -0.2) is 16.7 Å². The van der Waals surface area contributed by atoms with E-state index in [9.17, 15) is 0 Å². The van der Waals surface area contributed by atoms with E-state index >= 15 is 0 Å². The van der Waals surface area contributed by atoms with Crippen LogP contribution in [0.3, 0.4) is 0 Å². The SMILES string of the molecule is C1CCC(c2noc([C@@H]3CCCN3)n2)CC1.Cl. The number of hydrogen-bond acceptors (Lipinski definition) is 4. The molecule has 1 aliphatic carbocycles. The second-order valence-corrected chi connectivity index (χ2v) is 4.97. The average Bonchev–Trinajstić information content (AvgIpc) is 3.01. The summed E-state index contributed by atoms with van der Waals surface area (Å²) < 4.78 is 5.38. The van der Waals surface area contributed by atoms with Crippen molar-refractivity contribution in [2.45, 2.75) is 56.9 Å². The fraction of sp³-hybridized carbons (Fsp3) is 0.833. The summed E-state index contributed by atoms with van der Waals surface area (Å²) in [5.41, 5.74) is 0. The summed E-state index contributed by atoms with van der Waals surface area (Å²) in [5.74, 6) is 2.30. The maximum Gasteiger partial charge on any atom is 0.243 e. The minimum atomic E-state index is 0. The third-order valence-corrected chi connectivity index (χ3v) is 3.79. The van der Waals surface area contributed by atoms with Crippen LogP contribution in [0.5, 0.6) is 0 Å². The van der Waals surface area contributed by atoms with Gasteiger partial charge in [0.2, 0.25) is 5.89 Å². The molecule has 4 nitrogen and oxygen atoms in total. The van der Waals surface area contributed by atoms with Gasteiger partial charge in [-0.05, 0) is 32.2 Å². The lowest BCUT2D eigenvalue weighted by atomic mass is 9.89. The largest absolute Gasteiger partial charge is 0.338 e. The Morgan fingerprint density at radius 2 is 1.88 bits per heavy atom. The summed E-state index contributed by atoms with van der Waals surface area (Å²) in [6, 6.07) is 0.310. The molecule has 2 heterocycles. The normalized spacial score (nSPS) is 25.8. The standard InChI is InChI=1S/C12H19N3O.ClH/c1-2-5-9(6-3-1)11-14-12(16-15-11)10-7-4-8-13-10;/h9-10,13H,1-8H2;1H/t10-;/m0./s1. The summed E-state index contributed by atoms with van der Waals surface area (Å²) >= 11 is 0. The van der Waals surface area contributed by atoms with Crippen LogP contribution < -0.4 is 5.32 Å². The zero-order chi connectivity index (χ0) is 10.8. The first-order valence-electron chi connectivity index (χ1n) is 6.50. The van der Waals surface area contributed by atoms with Crippen molar-refractivity contribution < 1.29 is 4.52 Å². The van der Waals surface area contributed by atoms with Crippen molar-refractivity contribution in [3.63, 3.8) is 0 Å². The molecule has 2 fully saturated rings. The average molecular weight is 258 g/mol. The third kappa shape index (κ3) is 2.80. The minimum Gasteiger partial charge on any atom is -0.338 e. The summed E-state index contributed by atoms with van der Waals surface area (Å²) in [6.45, 7) is 1.08. The molecule has 1 aliphatic heterocycles. The van der Waals surface area contributed by atoms with Crippen molar-refractivity contribution in [1.82, 2.24) is 15.5 Å². The highest BCUT2D eigenvalue weighted by Crippen LogP contribution is 2.32. The molecule has 0 bridgehead atoms. The molecular formula is C12H20ClN3O. The van der Waals surface area contributed by atoms with E-state index in [1.165, 1.54) is 38.5 Å². The van der Waals surface area contributed by atoms with Crippen molar-refractivity contribution >= 4 is 12.4 Å². The quantitative estimate of drug-likeness (QED) is 0.885. The fourth-order valence-electron chi connectivity index (χ4n) is 2.81. The van der Waals surface area contributed by atoms with Gasteiger partial charge in [0.25, 0.3) is 0 Å². The highest BCUT2D eigenvalue weighted by atomic mass is 35.5. The molecule has 5 heteroatoms. The molecule has 0 radical (unpaired) electrons. The van der Waals surface area contributed by atoms with Gasteiger partial charge < -0.3 is 9.84 Å². The molecule has 2 aliphatic rings. The fourth-order valence-corrected chi connectivity index (χ4v) is 2.81. The lowest BCUT2D eigenvalue weighted by Crippen LogP contribution is -2.13. The number of hydrogen-bond donors (Lipinski definition) is 1. The molecule has 1 aromatic rings. The second-order valence-electron chi connectivity index (χ2n) is 4.97. The van der Waals surface area contributed by atoms with Crippen LogP contribution >= 0.6 is 12.4 Å². The molecule has 1 N–H and O–H groups in total. The molecular weight excluding hydrogens is 238 g/mol. The topological polar surface area (TPSA) is 51.0 Å². The molecule has 17 heavy (non-hydrogen) atoms. The van der Waals surface area contributed by atoms with E-state index in [0.29, 0.717) is 12.0 Å². The van der Waals surface area contributed by atoms with E-state index in [4.69, 9.17) is 4.52 Å². The monoisotopic (exact) mass is 257 g/mol. The van der Waals surface area contributed by atoms with E-state index in [-0.39, 0.29) is 12.4 Å². The minimum absolute atomic E-state index is 0. The molecule has 0 amide bonds. The summed E-state index contributed by atoms with van der Waals surface area (Å²) in [5, 5.41) is 7.55. The Morgan fingerprint density at radius 3 is 2.59 bits per heavy atom. The second kappa shape index (κ2) is 5.83. The Bertz CT molecular complexity index is 343. The Kier molecular flexibility index (Phi) is 4.40. The van der Waals surface area contributed by atoms with Crippen LogP contribution in [0.1, 0.15) is 68.6 Å². The lowest BCUT2D eigenvalue weighted by molar-refractivity contribution is 0.333. The molecule has 0 spiro atoms. The molecule has 3 rings (SSSR count). The van der Waals surface area contributed by atoms with Crippen LogP contribution in [0.25, 0.3) is 0 Å². The molecule has 1 atom stereocenters. The number of nitrogens with zero attached hydrogens (tertiary/aromatic N) is 2. The smallest absolute Gasteiger partial charge is 0.243 e. The third-order valence-electron chi connectivity index (χ3n) is 3.79. The molecule has 0 unspecified atom stereocenters. The van der Waals surface area contributed by atoms with Gasteiger partial charge in [-0.25, -0.2) is 0 Å². The van der Waals surface area contributed by atoms with E-state index in [0.717, 1.165) is 24.7 Å². The van der Waals surface area contributed by atoms with Crippen LogP contribution in [0.15, 0.2) is 4.52 Å². The van der Waals surface area contributed by atoms with Crippen molar-refractivity contribution in [2.75, 3.05) is 6.54 Å². The van der Waals surface area contributed by atoms with Crippen molar-refractivity contribution in [3.8, 4) is 0 Å². The number of nitrogens with one attached hydrogen (secondary N) is 1. The molecule has 0 aromatic carbocycles. The van der Waals surface area contributed by atoms with Gasteiger partial charge in [0, 0.05) is 5.92 Å². The molecule has 1 aromatic heterocycles. The Morgan fingerprint density at radius 1 is 1.06 bits per heavy atom. The maximum atomic E-state index is 5.38. The van der Waals surface area contributed by atoms with Gasteiger partial charge in [0.15, 0.2) is 5.82 Å². The van der Waals surface area contributed by atoms with E-state index in [2.05, 4.69) is 15.5 Å². The van der Waals surface area contributed by atoms with Crippen molar-refractivity contribution in [1.29, 1.82) is 0 Å². The predicted molar refractivity (Wildman–Crippen MR) is 67.3 cm³/mol. The van der Waals surface area contributed by atoms with Crippen LogP contribution in [0.2, 0.25) is 0 Å². The van der Waals surface area contributed by atoms with Gasteiger partial charge in [-0.1, -0.05) is 24.4 Å². The van der Waals surface area contributed by atoms with Gasteiger partial charge in [0.1, 0.15) is 0 Å². The van der Waals surface area contributed by atoms with Crippen LogP contribution in [0.4, 0.5) is 0 Å². The van der Waals surface area contributed by atoms with E-state index in [1.54, 1.807) is 0 Å². The summed E-state index contributed by atoms with van der Waals surface area (Å²) in [4.78, 5) is 4.58. The maximum absolute atomic E-state index is 5.38. The number of halogens is 1. The molecule has 1 saturated carbocycles. The van der Waals surface area contributed by atoms with Gasteiger partial charge in [-0.2, -0.15) is 4.98 Å². The van der Waals surface area contributed by atoms with Crippen LogP contribution in [-0.2, 0) is 0 Å². The molecule has 1 saturated heterocycles. The van der Waals surface area contributed by atoms with Gasteiger partial charge in [0.05, 0.1) is 6.04 Å². The van der Waals surface area contributed by atoms with Gasteiger partial charge in [-0.15, -0.1) is 12.4 Å². The lowest BCUT2D eigenvalue weighted by Gasteiger charge is -2.17. The zero-order valence-electron chi connectivity index (χ0n) is 10.0. The number of rotatable bonds is 2. The zero-order valence-corrected chi connectivity index (χ0v) is 10.8. The van der Waals surface area contributed by atoms with Gasteiger partial charge >= 0.3 is 0 Å². The van der Waals surface area contributed by atoms with Crippen LogP contribution in [0, 0.1) is 0 Å². The van der Waals surface area contributed by atoms with E-state index in [1.807, 2.05) is 0 Å². The Hall–Kier alpha value is -0.610. The summed E-state index contributed by atoms with van der Waals surface area (Å²) in [6.07, 6.45) is 8.81. The van der Waals surface area contributed by atoms with E-state index < -0.39 is 0 Å². The van der Waals surface area contributed by atoms with Crippen molar-refractivity contribution in [3.05, 3.63) is 11.7 Å². The molecule has 96 valence electrons. The first-order chi connectivity index (χ1) is 7.93. The van der Waals surface area contributed by atoms with Crippen molar-refractivity contribution in [2.24, 2.45) is 0 Å². The highest BCUT2D eigenvalue weighted by molar-refractivity contribution is 5.85.